The van der Waals surface area contributed by atoms with Crippen LogP contribution in [0.15, 0.2) is 10.6 Å². The third kappa shape index (κ3) is 3.42. The molecule has 0 aromatic carbocycles. The second-order valence-corrected chi connectivity index (χ2v) is 6.42. The summed E-state index contributed by atoms with van der Waals surface area (Å²) in [6.45, 7) is 0.889. The molecule has 0 saturated carbocycles. The Morgan fingerprint density at radius 3 is 2.79 bits per heavy atom. The molecule has 1 N–H and O–H groups in total. The fourth-order valence-electron chi connectivity index (χ4n) is 1.48. The second kappa shape index (κ2) is 5.35. The fraction of sp³-hybridized carbons (Fsp3) is 0.750. The van der Waals surface area contributed by atoms with Crippen LogP contribution in [0, 0.1) is 0 Å². The maximum absolute atomic E-state index is 11.4. The monoisotopic (exact) mass is 257 g/mol. The van der Waals surface area contributed by atoms with Crippen LogP contribution in [0.3, 0.4) is 0 Å². The Balaban J connectivity index is 2.32. The van der Waals surface area contributed by atoms with Gasteiger partial charge in [-0.15, -0.1) is 0 Å². The topological polar surface area (TPSA) is 46.2 Å². The smallest absolute Gasteiger partial charge is 0.154 e. The molecule has 6 heteroatoms. The highest BCUT2D eigenvalue weighted by atomic mass is 35.5. The third-order valence-corrected chi connectivity index (χ3v) is 5.14. The summed E-state index contributed by atoms with van der Waals surface area (Å²) in [7, 11) is -2.85. The summed E-state index contributed by atoms with van der Waals surface area (Å²) in [6, 6.07) is 0. The molecule has 3 nitrogen and oxygen atoms in total. The van der Waals surface area contributed by atoms with Crippen molar-refractivity contribution in [1.82, 2.24) is 5.32 Å². The highest BCUT2D eigenvalue weighted by Gasteiger charge is 2.30. The molecule has 1 unspecified atom stereocenters. The first kappa shape index (κ1) is 12.3. The number of halogens is 2. The number of hydrogen-bond acceptors (Lipinski definition) is 3. The minimum atomic E-state index is -2.85. The molecule has 0 bridgehead atoms. The second-order valence-electron chi connectivity index (χ2n) is 3.32. The predicted octanol–water partition coefficient (Wildman–Crippen LogP) is 1.47. The molecule has 1 aliphatic rings. The van der Waals surface area contributed by atoms with Gasteiger partial charge < -0.3 is 5.32 Å². The van der Waals surface area contributed by atoms with Crippen LogP contribution >= 0.6 is 23.2 Å². The zero-order chi connectivity index (χ0) is 10.6. The molecule has 1 aliphatic heterocycles. The van der Waals surface area contributed by atoms with Gasteiger partial charge in [0.15, 0.2) is 9.84 Å². The lowest BCUT2D eigenvalue weighted by molar-refractivity contribution is 0.580. The van der Waals surface area contributed by atoms with Gasteiger partial charge >= 0.3 is 0 Å². The Kier molecular flexibility index (Phi) is 4.70. The Morgan fingerprint density at radius 1 is 1.57 bits per heavy atom. The van der Waals surface area contributed by atoms with Gasteiger partial charge in [-0.3, -0.25) is 0 Å². The van der Waals surface area contributed by atoms with E-state index in [2.05, 4.69) is 5.32 Å². The minimum Gasteiger partial charge on any atom is -0.310 e. The van der Waals surface area contributed by atoms with Crippen LogP contribution < -0.4 is 5.32 Å². The van der Waals surface area contributed by atoms with E-state index in [1.165, 1.54) is 5.54 Å². The van der Waals surface area contributed by atoms with Gasteiger partial charge in [-0.05, 0) is 12.8 Å². The highest BCUT2D eigenvalue weighted by Crippen LogP contribution is 2.19. The molecule has 0 aromatic heterocycles. The van der Waals surface area contributed by atoms with Crippen molar-refractivity contribution in [1.29, 1.82) is 0 Å². The zero-order valence-corrected chi connectivity index (χ0v) is 10.00. The molecule has 0 radical (unpaired) electrons. The van der Waals surface area contributed by atoms with Crippen molar-refractivity contribution in [3.8, 4) is 0 Å². The molecular formula is C8H13Cl2NO2S. The third-order valence-electron chi connectivity index (χ3n) is 2.25. The molecule has 1 fully saturated rings. The summed E-state index contributed by atoms with van der Waals surface area (Å²) in [6.07, 6.45) is 1.52. The van der Waals surface area contributed by atoms with Crippen molar-refractivity contribution in [3.63, 3.8) is 0 Å². The molecule has 1 heterocycles. The molecule has 0 amide bonds. The molecule has 0 aromatic rings. The highest BCUT2D eigenvalue weighted by molar-refractivity contribution is 7.92. The Morgan fingerprint density at radius 2 is 2.29 bits per heavy atom. The van der Waals surface area contributed by atoms with Gasteiger partial charge in [-0.2, -0.15) is 0 Å². The zero-order valence-electron chi connectivity index (χ0n) is 7.67. The van der Waals surface area contributed by atoms with Crippen LogP contribution in [0.2, 0.25) is 0 Å². The molecule has 1 atom stereocenters. The molecule has 14 heavy (non-hydrogen) atoms. The number of hydrogen-bond donors (Lipinski definition) is 1. The molecule has 82 valence electrons. The summed E-state index contributed by atoms with van der Waals surface area (Å²) in [5, 5.41) is 3.21. The maximum Gasteiger partial charge on any atom is 0.154 e. The molecule has 1 saturated heterocycles. The lowest BCUT2D eigenvalue weighted by Crippen LogP contribution is -2.31. The quantitative estimate of drug-likeness (QED) is 0.830. The van der Waals surface area contributed by atoms with E-state index in [1.54, 1.807) is 0 Å². The van der Waals surface area contributed by atoms with Gasteiger partial charge in [-0.25, -0.2) is 8.42 Å². The minimum absolute atomic E-state index is 0.248. The van der Waals surface area contributed by atoms with Gasteiger partial charge in [0.25, 0.3) is 0 Å². The summed E-state index contributed by atoms with van der Waals surface area (Å²) in [5.74, 6) is 0.318. The van der Waals surface area contributed by atoms with Gasteiger partial charge in [0.05, 0.1) is 11.0 Å². The van der Waals surface area contributed by atoms with Crippen molar-refractivity contribution in [2.45, 2.75) is 18.1 Å². The fourth-order valence-corrected chi connectivity index (χ4v) is 3.45. The molecule has 0 aliphatic carbocycles. The van der Waals surface area contributed by atoms with Crippen LogP contribution in [-0.2, 0) is 9.84 Å². The summed E-state index contributed by atoms with van der Waals surface area (Å²) >= 11 is 11.0. The van der Waals surface area contributed by atoms with E-state index in [-0.39, 0.29) is 5.25 Å². The Labute approximate surface area is 94.4 Å². The predicted molar refractivity (Wildman–Crippen MR) is 59.5 cm³/mol. The van der Waals surface area contributed by atoms with E-state index in [0.29, 0.717) is 23.9 Å². The Hall–Kier alpha value is 0.230. The van der Waals surface area contributed by atoms with Crippen molar-refractivity contribution < 1.29 is 8.42 Å². The van der Waals surface area contributed by atoms with E-state index in [9.17, 15) is 8.42 Å². The van der Waals surface area contributed by atoms with E-state index >= 15 is 0 Å². The van der Waals surface area contributed by atoms with Crippen molar-refractivity contribution in [2.75, 3.05) is 18.8 Å². The SMILES string of the molecule is O=S1(=O)CCCC1CNC/C(Cl)=C\Cl. The first-order chi connectivity index (χ1) is 6.56. The van der Waals surface area contributed by atoms with Crippen molar-refractivity contribution >= 4 is 33.0 Å². The first-order valence-corrected chi connectivity index (χ1v) is 6.96. The molecule has 0 spiro atoms. The van der Waals surface area contributed by atoms with Crippen LogP contribution in [0.25, 0.3) is 0 Å². The number of nitrogens with one attached hydrogen (secondary N) is 1. The lowest BCUT2D eigenvalue weighted by atomic mass is 10.2. The van der Waals surface area contributed by atoms with Crippen LogP contribution in [0.5, 0.6) is 0 Å². The van der Waals surface area contributed by atoms with Crippen LogP contribution in [0.1, 0.15) is 12.8 Å². The number of sulfone groups is 1. The summed E-state index contributed by atoms with van der Waals surface area (Å²) in [4.78, 5) is 0. The number of rotatable bonds is 4. The van der Waals surface area contributed by atoms with Crippen molar-refractivity contribution in [3.05, 3.63) is 10.6 Å². The van der Waals surface area contributed by atoms with E-state index in [0.717, 1.165) is 12.8 Å². The normalized spacial score (nSPS) is 26.7. The van der Waals surface area contributed by atoms with E-state index in [1.807, 2.05) is 0 Å². The summed E-state index contributed by atoms with van der Waals surface area (Å²) < 4.78 is 22.8. The van der Waals surface area contributed by atoms with Crippen molar-refractivity contribution in [2.24, 2.45) is 0 Å². The Bertz CT molecular complexity index is 313. The maximum atomic E-state index is 11.4. The lowest BCUT2D eigenvalue weighted by Gasteiger charge is -2.09. The van der Waals surface area contributed by atoms with Crippen LogP contribution in [0.4, 0.5) is 0 Å². The average Bonchev–Trinajstić information content (AvgIpc) is 2.45. The van der Waals surface area contributed by atoms with E-state index < -0.39 is 9.84 Å². The van der Waals surface area contributed by atoms with Crippen LogP contribution in [-0.4, -0.2) is 32.5 Å². The molecular weight excluding hydrogens is 245 g/mol. The standard InChI is InChI=1S/C8H13Cl2NO2S/c9-4-7(10)5-11-6-8-2-1-3-14(8,12)13/h4,8,11H,1-3,5-6H2/b7-4+. The van der Waals surface area contributed by atoms with Gasteiger partial charge in [0, 0.05) is 23.7 Å². The van der Waals surface area contributed by atoms with Gasteiger partial charge in [0.1, 0.15) is 0 Å². The van der Waals surface area contributed by atoms with Gasteiger partial charge in [0.2, 0.25) is 0 Å². The van der Waals surface area contributed by atoms with E-state index in [4.69, 9.17) is 23.2 Å². The largest absolute Gasteiger partial charge is 0.310 e. The average molecular weight is 258 g/mol. The first-order valence-electron chi connectivity index (χ1n) is 4.43. The summed E-state index contributed by atoms with van der Waals surface area (Å²) in [5.41, 5.74) is 1.28. The molecule has 1 rings (SSSR count). The van der Waals surface area contributed by atoms with Gasteiger partial charge in [-0.1, -0.05) is 23.2 Å².